The van der Waals surface area contributed by atoms with E-state index in [0.717, 1.165) is 12.4 Å². The van der Waals surface area contributed by atoms with Crippen LogP contribution >= 0.6 is 11.6 Å². The highest BCUT2D eigenvalue weighted by Gasteiger charge is 2.11. The maximum Gasteiger partial charge on any atom is 0.182 e. The van der Waals surface area contributed by atoms with Gasteiger partial charge in [0.05, 0.1) is 5.69 Å². The highest BCUT2D eigenvalue weighted by Crippen LogP contribution is 2.27. The third kappa shape index (κ3) is 2.26. The van der Waals surface area contributed by atoms with Crippen LogP contribution in [0.3, 0.4) is 0 Å². The lowest BCUT2D eigenvalue weighted by molar-refractivity contribution is 0.511. The molecule has 0 aliphatic heterocycles. The molecular weight excluding hydrogens is 250 g/mol. The summed E-state index contributed by atoms with van der Waals surface area (Å²) in [6.45, 7) is 0. The first-order valence-electron chi connectivity index (χ1n) is 4.56. The van der Waals surface area contributed by atoms with Gasteiger partial charge in [0.1, 0.15) is 12.0 Å². The number of halogens is 3. The molecular formula is C10H7ClF2N4. The number of nitrogens with two attached hydrogens (primary N) is 1. The van der Waals surface area contributed by atoms with Crippen molar-refractivity contribution in [3.05, 3.63) is 41.3 Å². The van der Waals surface area contributed by atoms with E-state index in [2.05, 4.69) is 15.3 Å². The lowest BCUT2D eigenvalue weighted by Crippen LogP contribution is -2.03. The fraction of sp³-hybridized carbons (Fsp3) is 0. The minimum atomic E-state index is -1.01. The van der Waals surface area contributed by atoms with Gasteiger partial charge in [-0.05, 0) is 12.1 Å². The van der Waals surface area contributed by atoms with E-state index < -0.39 is 11.6 Å². The number of benzene rings is 1. The molecule has 0 amide bonds. The van der Waals surface area contributed by atoms with Gasteiger partial charge in [0, 0.05) is 0 Å². The van der Waals surface area contributed by atoms with Crippen LogP contribution in [0.1, 0.15) is 0 Å². The zero-order valence-corrected chi connectivity index (χ0v) is 9.17. The largest absolute Gasteiger partial charge is 0.393 e. The van der Waals surface area contributed by atoms with Crippen LogP contribution in [0, 0.1) is 11.6 Å². The number of hydrogen-bond acceptors (Lipinski definition) is 4. The monoisotopic (exact) mass is 256 g/mol. The Labute approximate surface area is 100 Å². The van der Waals surface area contributed by atoms with Gasteiger partial charge >= 0.3 is 0 Å². The third-order valence-corrected chi connectivity index (χ3v) is 2.34. The Morgan fingerprint density at radius 1 is 1.24 bits per heavy atom. The topological polar surface area (TPSA) is 63.8 Å². The Balaban J connectivity index is 2.38. The van der Waals surface area contributed by atoms with Gasteiger partial charge in [-0.25, -0.2) is 18.7 Å². The zero-order chi connectivity index (χ0) is 12.4. The highest BCUT2D eigenvalue weighted by molar-refractivity contribution is 6.32. The summed E-state index contributed by atoms with van der Waals surface area (Å²) in [7, 11) is 0. The Bertz CT molecular complexity index is 512. The molecule has 0 aliphatic carbocycles. The summed E-state index contributed by atoms with van der Waals surface area (Å²) < 4.78 is 26.3. The second kappa shape index (κ2) is 4.50. The quantitative estimate of drug-likeness (QED) is 0.811. The van der Waals surface area contributed by atoms with Crippen LogP contribution in [0.15, 0.2) is 24.5 Å². The average molecular weight is 257 g/mol. The first-order valence-corrected chi connectivity index (χ1v) is 4.94. The Morgan fingerprint density at radius 3 is 2.76 bits per heavy atom. The highest BCUT2D eigenvalue weighted by atomic mass is 35.5. The summed E-state index contributed by atoms with van der Waals surface area (Å²) in [5, 5.41) is 2.59. The molecule has 0 aliphatic rings. The molecule has 0 atom stereocenters. The molecule has 1 aromatic carbocycles. The molecule has 0 fully saturated rings. The fourth-order valence-corrected chi connectivity index (χ4v) is 1.33. The van der Waals surface area contributed by atoms with Crippen LogP contribution in [0.25, 0.3) is 0 Å². The van der Waals surface area contributed by atoms with Crippen molar-refractivity contribution in [2.24, 2.45) is 0 Å². The van der Waals surface area contributed by atoms with Crippen LogP contribution in [-0.2, 0) is 0 Å². The Morgan fingerprint density at radius 2 is 2.00 bits per heavy atom. The van der Waals surface area contributed by atoms with Crippen LogP contribution in [0.2, 0.25) is 5.15 Å². The molecule has 0 bridgehead atoms. The summed E-state index contributed by atoms with van der Waals surface area (Å²) in [6, 6.07) is 3.73. The van der Waals surface area contributed by atoms with Crippen molar-refractivity contribution >= 4 is 28.8 Å². The van der Waals surface area contributed by atoms with Crippen molar-refractivity contribution < 1.29 is 8.78 Å². The first-order chi connectivity index (χ1) is 8.09. The lowest BCUT2D eigenvalue weighted by Gasteiger charge is -2.09. The third-order valence-electron chi connectivity index (χ3n) is 2.04. The Hall–Kier alpha value is -1.95. The first kappa shape index (κ1) is 11.5. The van der Waals surface area contributed by atoms with Gasteiger partial charge in [0.25, 0.3) is 0 Å². The molecule has 0 saturated carbocycles. The van der Waals surface area contributed by atoms with Gasteiger partial charge in [0.2, 0.25) is 0 Å². The molecule has 0 radical (unpaired) electrons. The predicted octanol–water partition coefficient (Wildman–Crippen LogP) is 2.73. The zero-order valence-electron chi connectivity index (χ0n) is 8.42. The molecule has 3 N–H and O–H groups in total. The predicted molar refractivity (Wildman–Crippen MR) is 61.1 cm³/mol. The van der Waals surface area contributed by atoms with E-state index in [1.165, 1.54) is 12.1 Å². The normalized spacial score (nSPS) is 10.3. The molecule has 88 valence electrons. The second-order valence-corrected chi connectivity index (χ2v) is 3.51. The fourth-order valence-electron chi connectivity index (χ4n) is 1.20. The van der Waals surface area contributed by atoms with E-state index in [-0.39, 0.29) is 22.3 Å². The van der Waals surface area contributed by atoms with Crippen LogP contribution in [-0.4, -0.2) is 9.97 Å². The number of rotatable bonds is 2. The number of anilines is 3. The molecule has 1 aromatic heterocycles. The molecule has 1 heterocycles. The summed E-state index contributed by atoms with van der Waals surface area (Å²) in [5.41, 5.74) is 5.57. The summed E-state index contributed by atoms with van der Waals surface area (Å²) in [4.78, 5) is 7.43. The number of aromatic nitrogens is 2. The molecule has 0 spiro atoms. The van der Waals surface area contributed by atoms with Gasteiger partial charge in [-0.2, -0.15) is 0 Å². The van der Waals surface area contributed by atoms with Crippen molar-refractivity contribution in [1.82, 2.24) is 9.97 Å². The molecule has 17 heavy (non-hydrogen) atoms. The Kier molecular flexibility index (Phi) is 3.06. The van der Waals surface area contributed by atoms with Gasteiger partial charge in [-0.3, -0.25) is 0 Å². The minimum Gasteiger partial charge on any atom is -0.393 e. The van der Waals surface area contributed by atoms with Crippen LogP contribution < -0.4 is 11.1 Å². The summed E-state index contributed by atoms with van der Waals surface area (Å²) in [5.74, 6) is -1.86. The van der Waals surface area contributed by atoms with E-state index in [1.807, 2.05) is 0 Å². The van der Waals surface area contributed by atoms with Crippen molar-refractivity contribution in [2.45, 2.75) is 0 Å². The SMILES string of the molecule is Nc1c(Cl)ncnc1Nc1cccc(F)c1F. The van der Waals surface area contributed by atoms with Gasteiger partial charge in [-0.1, -0.05) is 17.7 Å². The van der Waals surface area contributed by atoms with Crippen molar-refractivity contribution in [1.29, 1.82) is 0 Å². The number of nitrogen functional groups attached to an aromatic ring is 1. The molecule has 7 heteroatoms. The van der Waals surface area contributed by atoms with Gasteiger partial charge in [0.15, 0.2) is 22.6 Å². The van der Waals surface area contributed by atoms with E-state index in [0.29, 0.717) is 0 Å². The van der Waals surface area contributed by atoms with Crippen LogP contribution in [0.5, 0.6) is 0 Å². The number of nitrogens with zero attached hydrogens (tertiary/aromatic N) is 2. The lowest BCUT2D eigenvalue weighted by atomic mass is 10.3. The minimum absolute atomic E-state index is 0.0410. The van der Waals surface area contributed by atoms with E-state index >= 15 is 0 Å². The second-order valence-electron chi connectivity index (χ2n) is 3.15. The van der Waals surface area contributed by atoms with Crippen molar-refractivity contribution in [3.63, 3.8) is 0 Å². The number of nitrogens with one attached hydrogen (secondary N) is 1. The smallest absolute Gasteiger partial charge is 0.182 e. The van der Waals surface area contributed by atoms with Crippen LogP contribution in [0.4, 0.5) is 26.0 Å². The molecule has 2 rings (SSSR count). The van der Waals surface area contributed by atoms with Crippen molar-refractivity contribution in [3.8, 4) is 0 Å². The molecule has 4 nitrogen and oxygen atoms in total. The summed E-state index contributed by atoms with van der Waals surface area (Å²) >= 11 is 5.67. The average Bonchev–Trinajstić information content (AvgIpc) is 2.31. The molecule has 0 saturated heterocycles. The standard InChI is InChI=1S/C10H7ClF2N4/c11-9-8(14)10(16-4-15-9)17-6-3-1-2-5(12)7(6)13/h1-4H,14H2,(H,15,16,17). The van der Waals surface area contributed by atoms with E-state index in [4.69, 9.17) is 17.3 Å². The summed E-state index contributed by atoms with van der Waals surface area (Å²) in [6.07, 6.45) is 1.16. The van der Waals surface area contributed by atoms with Crippen molar-refractivity contribution in [2.75, 3.05) is 11.1 Å². The maximum absolute atomic E-state index is 13.4. The maximum atomic E-state index is 13.4. The van der Waals surface area contributed by atoms with Gasteiger partial charge < -0.3 is 11.1 Å². The molecule has 2 aromatic rings. The van der Waals surface area contributed by atoms with Gasteiger partial charge in [-0.15, -0.1) is 0 Å². The van der Waals surface area contributed by atoms with E-state index in [1.54, 1.807) is 0 Å². The van der Waals surface area contributed by atoms with E-state index in [9.17, 15) is 8.78 Å². The number of hydrogen-bond donors (Lipinski definition) is 2. The molecule has 0 unspecified atom stereocenters.